The molecular weight excluding hydrogens is 370 g/mol. The summed E-state index contributed by atoms with van der Waals surface area (Å²) in [6.45, 7) is 1.89. The summed E-state index contributed by atoms with van der Waals surface area (Å²) in [5.41, 5.74) is 3.10. The fourth-order valence-corrected chi connectivity index (χ4v) is 4.09. The van der Waals surface area contributed by atoms with Gasteiger partial charge in [-0.3, -0.25) is 14.7 Å². The molecule has 1 N–H and O–H groups in total. The average Bonchev–Trinajstić information content (AvgIpc) is 3.27. The summed E-state index contributed by atoms with van der Waals surface area (Å²) in [5.74, 6) is 0.350. The molecule has 1 aliphatic heterocycles. The smallest absolute Gasteiger partial charge is 0.325 e. The highest BCUT2D eigenvalue weighted by molar-refractivity contribution is 6.07. The van der Waals surface area contributed by atoms with Crippen molar-refractivity contribution in [3.63, 3.8) is 0 Å². The van der Waals surface area contributed by atoms with Crippen LogP contribution in [0.4, 0.5) is 4.79 Å². The highest BCUT2D eigenvalue weighted by atomic mass is 16.5. The third kappa shape index (κ3) is 2.97. The molecule has 1 fully saturated rings. The van der Waals surface area contributed by atoms with Crippen molar-refractivity contribution in [2.24, 2.45) is 0 Å². The van der Waals surface area contributed by atoms with E-state index in [1.165, 1.54) is 10.5 Å². The van der Waals surface area contributed by atoms with Gasteiger partial charge in [0, 0.05) is 18.8 Å². The summed E-state index contributed by atoms with van der Waals surface area (Å²) in [6.07, 6.45) is 5.19. The standard InChI is InChI=1S/C21H19N5O3/c1-13-8-16(11-22-10-13)18-23-17(25-29-18)12-26-19(27)21(24-20(26)28)7-6-14-4-2-3-5-15(14)9-21/h2-5,8,10-11H,6-7,9,12H2,1H3,(H,24,28). The number of nitrogens with one attached hydrogen (secondary N) is 1. The molecular formula is C21H19N5O3. The number of aryl methyl sites for hydroxylation is 2. The maximum atomic E-state index is 13.2. The van der Waals surface area contributed by atoms with Gasteiger partial charge in [-0.25, -0.2) is 4.79 Å². The first-order chi connectivity index (χ1) is 14.0. The first kappa shape index (κ1) is 17.5. The van der Waals surface area contributed by atoms with Crippen molar-refractivity contribution in [3.8, 4) is 11.5 Å². The van der Waals surface area contributed by atoms with Gasteiger partial charge in [-0.05, 0) is 42.5 Å². The van der Waals surface area contributed by atoms with E-state index in [9.17, 15) is 9.59 Å². The Labute approximate surface area is 166 Å². The third-order valence-electron chi connectivity index (χ3n) is 5.57. The molecule has 8 nitrogen and oxygen atoms in total. The highest BCUT2D eigenvalue weighted by Crippen LogP contribution is 2.34. The lowest BCUT2D eigenvalue weighted by Crippen LogP contribution is -2.51. The van der Waals surface area contributed by atoms with Crippen LogP contribution in [-0.2, 0) is 24.2 Å². The molecule has 3 aromatic rings. The van der Waals surface area contributed by atoms with Crippen LogP contribution in [0, 0.1) is 6.92 Å². The Morgan fingerprint density at radius 1 is 1.21 bits per heavy atom. The Balaban J connectivity index is 1.37. The molecule has 3 heterocycles. The first-order valence-corrected chi connectivity index (χ1v) is 9.50. The van der Waals surface area contributed by atoms with Crippen molar-refractivity contribution < 1.29 is 14.1 Å². The normalized spacial score (nSPS) is 20.8. The molecule has 8 heteroatoms. The van der Waals surface area contributed by atoms with Gasteiger partial charge in [-0.1, -0.05) is 29.4 Å². The molecule has 0 saturated carbocycles. The van der Waals surface area contributed by atoms with Crippen molar-refractivity contribution in [3.05, 3.63) is 65.2 Å². The van der Waals surface area contributed by atoms with Gasteiger partial charge in [0.25, 0.3) is 11.8 Å². The van der Waals surface area contributed by atoms with Crippen LogP contribution in [0.1, 0.15) is 28.9 Å². The number of benzene rings is 1. The van der Waals surface area contributed by atoms with Crippen LogP contribution < -0.4 is 5.32 Å². The van der Waals surface area contributed by atoms with Crippen LogP contribution in [0.3, 0.4) is 0 Å². The first-order valence-electron chi connectivity index (χ1n) is 9.50. The van der Waals surface area contributed by atoms with E-state index in [-0.39, 0.29) is 18.3 Å². The second-order valence-electron chi connectivity index (χ2n) is 7.62. The molecule has 146 valence electrons. The zero-order valence-electron chi connectivity index (χ0n) is 15.9. The van der Waals surface area contributed by atoms with Crippen LogP contribution in [0.25, 0.3) is 11.5 Å². The minimum atomic E-state index is -0.890. The van der Waals surface area contributed by atoms with E-state index >= 15 is 0 Å². The van der Waals surface area contributed by atoms with Crippen LogP contribution in [0.5, 0.6) is 0 Å². The van der Waals surface area contributed by atoms with Crippen LogP contribution in [0.2, 0.25) is 0 Å². The number of rotatable bonds is 3. The molecule has 1 saturated heterocycles. The molecule has 2 aromatic heterocycles. The number of urea groups is 1. The van der Waals surface area contributed by atoms with E-state index in [0.717, 1.165) is 17.5 Å². The number of imide groups is 1. The van der Waals surface area contributed by atoms with E-state index in [2.05, 4.69) is 26.5 Å². The summed E-state index contributed by atoms with van der Waals surface area (Å²) in [4.78, 5) is 35.4. The van der Waals surface area contributed by atoms with Crippen LogP contribution in [-0.4, -0.2) is 37.5 Å². The zero-order chi connectivity index (χ0) is 20.0. The minimum Gasteiger partial charge on any atom is -0.334 e. The van der Waals surface area contributed by atoms with Gasteiger partial charge in [0.2, 0.25) is 0 Å². The number of pyridine rings is 1. The van der Waals surface area contributed by atoms with E-state index in [4.69, 9.17) is 4.52 Å². The van der Waals surface area contributed by atoms with E-state index in [1.807, 2.05) is 31.2 Å². The number of carbonyl (C=O) groups is 2. The minimum absolute atomic E-state index is 0.0309. The number of aromatic nitrogens is 3. The molecule has 1 aromatic carbocycles. The van der Waals surface area contributed by atoms with Crippen molar-refractivity contribution in [2.45, 2.75) is 38.3 Å². The number of carbonyl (C=O) groups excluding carboxylic acids is 2. The largest absolute Gasteiger partial charge is 0.334 e. The van der Waals surface area contributed by atoms with Crippen molar-refractivity contribution >= 4 is 11.9 Å². The zero-order valence-corrected chi connectivity index (χ0v) is 15.9. The second kappa shape index (κ2) is 6.51. The molecule has 0 radical (unpaired) electrons. The van der Waals surface area contributed by atoms with E-state index < -0.39 is 11.6 Å². The lowest BCUT2D eigenvalue weighted by Gasteiger charge is -2.32. The fraction of sp³-hybridized carbons (Fsp3) is 0.286. The Kier molecular flexibility index (Phi) is 3.94. The SMILES string of the molecule is Cc1cncc(-c2nc(CN3C(=O)NC4(CCc5ccccc5C4)C3=O)no2)c1. The summed E-state index contributed by atoms with van der Waals surface area (Å²) >= 11 is 0. The Morgan fingerprint density at radius 2 is 2.03 bits per heavy atom. The van der Waals surface area contributed by atoms with Gasteiger partial charge in [-0.2, -0.15) is 4.98 Å². The number of fused-ring (bicyclic) bond motifs is 1. The molecule has 0 bridgehead atoms. The fourth-order valence-electron chi connectivity index (χ4n) is 4.09. The van der Waals surface area contributed by atoms with Crippen LogP contribution in [0.15, 0.2) is 47.2 Å². The topological polar surface area (TPSA) is 101 Å². The Bertz CT molecular complexity index is 1120. The quantitative estimate of drug-likeness (QED) is 0.691. The maximum absolute atomic E-state index is 13.2. The summed E-state index contributed by atoms with van der Waals surface area (Å²) in [5, 5.41) is 6.85. The Hall–Kier alpha value is -3.55. The average molecular weight is 389 g/mol. The van der Waals surface area contributed by atoms with Crippen molar-refractivity contribution in [2.75, 3.05) is 0 Å². The lowest BCUT2D eigenvalue weighted by atomic mass is 9.78. The lowest BCUT2D eigenvalue weighted by molar-refractivity contribution is -0.132. The van der Waals surface area contributed by atoms with Gasteiger partial charge in [-0.15, -0.1) is 0 Å². The van der Waals surface area contributed by atoms with Gasteiger partial charge >= 0.3 is 6.03 Å². The number of hydrogen-bond acceptors (Lipinski definition) is 6. The predicted molar refractivity (Wildman–Crippen MR) is 103 cm³/mol. The molecule has 5 rings (SSSR count). The summed E-state index contributed by atoms with van der Waals surface area (Å²) in [7, 11) is 0. The molecule has 2 aliphatic rings. The predicted octanol–water partition coefficient (Wildman–Crippen LogP) is 2.42. The summed E-state index contributed by atoms with van der Waals surface area (Å²) in [6, 6.07) is 9.50. The number of hydrogen-bond donors (Lipinski definition) is 1. The molecule has 1 aliphatic carbocycles. The molecule has 1 spiro atoms. The monoisotopic (exact) mass is 389 g/mol. The van der Waals surface area contributed by atoms with Crippen molar-refractivity contribution in [1.29, 1.82) is 0 Å². The summed E-state index contributed by atoms with van der Waals surface area (Å²) < 4.78 is 5.30. The third-order valence-corrected chi connectivity index (χ3v) is 5.57. The maximum Gasteiger partial charge on any atom is 0.325 e. The molecule has 1 unspecified atom stereocenters. The number of nitrogens with zero attached hydrogens (tertiary/aromatic N) is 4. The van der Waals surface area contributed by atoms with Gasteiger partial charge in [0.1, 0.15) is 5.54 Å². The van der Waals surface area contributed by atoms with Gasteiger partial charge in [0.15, 0.2) is 5.82 Å². The second-order valence-corrected chi connectivity index (χ2v) is 7.62. The highest BCUT2D eigenvalue weighted by Gasteiger charge is 2.52. The molecule has 29 heavy (non-hydrogen) atoms. The van der Waals surface area contributed by atoms with Gasteiger partial charge < -0.3 is 9.84 Å². The Morgan fingerprint density at radius 3 is 2.86 bits per heavy atom. The van der Waals surface area contributed by atoms with Crippen LogP contribution >= 0.6 is 0 Å². The van der Waals surface area contributed by atoms with E-state index in [1.54, 1.807) is 12.4 Å². The molecule has 1 atom stereocenters. The van der Waals surface area contributed by atoms with E-state index in [0.29, 0.717) is 24.3 Å². The number of amides is 3. The van der Waals surface area contributed by atoms with Crippen molar-refractivity contribution in [1.82, 2.24) is 25.3 Å². The molecule has 3 amide bonds. The van der Waals surface area contributed by atoms with Gasteiger partial charge in [0.05, 0.1) is 12.1 Å².